The Morgan fingerprint density at radius 1 is 1.32 bits per heavy atom. The van der Waals surface area contributed by atoms with Gasteiger partial charge in [0.2, 0.25) is 0 Å². The van der Waals surface area contributed by atoms with Crippen molar-refractivity contribution in [2.45, 2.75) is 20.3 Å². The SMILES string of the molecule is CC(C)CCOc1cccc(C(=O)Nc2ccc(Cl)nc2)c1. The molecule has 0 saturated carbocycles. The first kappa shape index (κ1) is 16.3. The fourth-order valence-electron chi connectivity index (χ4n) is 1.79. The maximum Gasteiger partial charge on any atom is 0.255 e. The largest absolute Gasteiger partial charge is 0.494 e. The van der Waals surface area contributed by atoms with Gasteiger partial charge >= 0.3 is 0 Å². The van der Waals surface area contributed by atoms with Gasteiger partial charge in [0.15, 0.2) is 0 Å². The molecular weight excluding hydrogens is 300 g/mol. The Hall–Kier alpha value is -2.07. The minimum Gasteiger partial charge on any atom is -0.494 e. The van der Waals surface area contributed by atoms with Gasteiger partial charge in [-0.05, 0) is 42.7 Å². The van der Waals surface area contributed by atoms with E-state index in [1.54, 1.807) is 30.3 Å². The average Bonchev–Trinajstić information content (AvgIpc) is 2.49. The Kier molecular flexibility index (Phi) is 5.78. The lowest BCUT2D eigenvalue weighted by Gasteiger charge is -2.10. The van der Waals surface area contributed by atoms with E-state index in [0.717, 1.165) is 6.42 Å². The van der Waals surface area contributed by atoms with Crippen molar-refractivity contribution in [3.63, 3.8) is 0 Å². The maximum atomic E-state index is 12.2. The van der Waals surface area contributed by atoms with Crippen molar-refractivity contribution in [2.24, 2.45) is 5.92 Å². The molecule has 0 aliphatic heterocycles. The lowest BCUT2D eigenvalue weighted by Crippen LogP contribution is -2.12. The van der Waals surface area contributed by atoms with Gasteiger partial charge in [-0.15, -0.1) is 0 Å². The minimum atomic E-state index is -0.210. The summed E-state index contributed by atoms with van der Waals surface area (Å²) in [6.07, 6.45) is 2.50. The molecule has 0 unspecified atom stereocenters. The average molecular weight is 319 g/mol. The number of nitrogens with one attached hydrogen (secondary N) is 1. The second-order valence-electron chi connectivity index (χ2n) is 5.38. The van der Waals surface area contributed by atoms with E-state index >= 15 is 0 Å². The molecule has 0 radical (unpaired) electrons. The van der Waals surface area contributed by atoms with Crippen molar-refractivity contribution in [3.8, 4) is 5.75 Å². The molecule has 0 aliphatic carbocycles. The van der Waals surface area contributed by atoms with Crippen LogP contribution in [0.2, 0.25) is 5.15 Å². The summed E-state index contributed by atoms with van der Waals surface area (Å²) >= 11 is 5.72. The van der Waals surface area contributed by atoms with Crippen molar-refractivity contribution >= 4 is 23.2 Å². The summed E-state index contributed by atoms with van der Waals surface area (Å²) in [4.78, 5) is 16.1. The summed E-state index contributed by atoms with van der Waals surface area (Å²) in [7, 11) is 0. The zero-order valence-electron chi connectivity index (χ0n) is 12.7. The lowest BCUT2D eigenvalue weighted by atomic mass is 10.1. The number of aromatic nitrogens is 1. The molecule has 22 heavy (non-hydrogen) atoms. The Labute approximate surface area is 135 Å². The van der Waals surface area contributed by atoms with Crippen LogP contribution >= 0.6 is 11.6 Å². The van der Waals surface area contributed by atoms with Crippen LogP contribution in [-0.4, -0.2) is 17.5 Å². The number of anilines is 1. The zero-order valence-corrected chi connectivity index (χ0v) is 13.4. The highest BCUT2D eigenvalue weighted by Gasteiger charge is 2.08. The summed E-state index contributed by atoms with van der Waals surface area (Å²) in [5, 5.41) is 3.16. The standard InChI is InChI=1S/C17H19ClN2O2/c1-12(2)8-9-22-15-5-3-4-13(10-15)17(21)20-14-6-7-16(18)19-11-14/h3-7,10-12H,8-9H2,1-2H3,(H,20,21). The summed E-state index contributed by atoms with van der Waals surface area (Å²) in [5.41, 5.74) is 1.14. The van der Waals surface area contributed by atoms with E-state index in [1.165, 1.54) is 6.20 Å². The minimum absolute atomic E-state index is 0.210. The highest BCUT2D eigenvalue weighted by atomic mass is 35.5. The number of pyridine rings is 1. The number of nitrogens with zero attached hydrogens (tertiary/aromatic N) is 1. The van der Waals surface area contributed by atoms with Gasteiger partial charge in [-0.25, -0.2) is 4.98 Å². The Bertz CT molecular complexity index is 627. The molecule has 0 saturated heterocycles. The van der Waals surface area contributed by atoms with Gasteiger partial charge in [0, 0.05) is 5.56 Å². The Morgan fingerprint density at radius 3 is 2.82 bits per heavy atom. The van der Waals surface area contributed by atoms with Crippen LogP contribution in [0.5, 0.6) is 5.75 Å². The first-order valence-corrected chi connectivity index (χ1v) is 7.58. The van der Waals surface area contributed by atoms with E-state index in [1.807, 2.05) is 6.07 Å². The van der Waals surface area contributed by atoms with Gasteiger partial charge in [0.05, 0.1) is 18.5 Å². The van der Waals surface area contributed by atoms with Crippen LogP contribution in [0, 0.1) is 5.92 Å². The van der Waals surface area contributed by atoms with E-state index in [2.05, 4.69) is 24.1 Å². The first-order valence-electron chi connectivity index (χ1n) is 7.20. The van der Waals surface area contributed by atoms with Gasteiger partial charge in [-0.2, -0.15) is 0 Å². The molecule has 1 heterocycles. The molecule has 1 aromatic carbocycles. The van der Waals surface area contributed by atoms with Crippen LogP contribution in [0.1, 0.15) is 30.6 Å². The third kappa shape index (κ3) is 5.04. The summed E-state index contributed by atoms with van der Waals surface area (Å²) in [6.45, 7) is 4.94. The van der Waals surface area contributed by atoms with E-state index in [9.17, 15) is 4.79 Å². The van der Waals surface area contributed by atoms with Crippen LogP contribution in [-0.2, 0) is 0 Å². The van der Waals surface area contributed by atoms with Gasteiger partial charge in [-0.3, -0.25) is 4.79 Å². The second kappa shape index (κ2) is 7.80. The molecule has 0 aliphatic rings. The number of carbonyl (C=O) groups excluding carboxylic acids is 1. The number of amides is 1. The van der Waals surface area contributed by atoms with Crippen LogP contribution in [0.25, 0.3) is 0 Å². The summed E-state index contributed by atoms with van der Waals surface area (Å²) in [6, 6.07) is 10.5. The van der Waals surface area contributed by atoms with Crippen molar-refractivity contribution in [1.82, 2.24) is 4.98 Å². The van der Waals surface area contributed by atoms with Crippen LogP contribution < -0.4 is 10.1 Å². The predicted molar refractivity (Wildman–Crippen MR) is 88.6 cm³/mol. The van der Waals surface area contributed by atoms with Gasteiger partial charge in [-0.1, -0.05) is 31.5 Å². The monoisotopic (exact) mass is 318 g/mol. The molecule has 4 nitrogen and oxygen atoms in total. The number of hydrogen-bond acceptors (Lipinski definition) is 3. The number of ether oxygens (including phenoxy) is 1. The smallest absolute Gasteiger partial charge is 0.255 e. The number of rotatable bonds is 6. The highest BCUT2D eigenvalue weighted by molar-refractivity contribution is 6.29. The number of benzene rings is 1. The number of hydrogen-bond donors (Lipinski definition) is 1. The molecule has 5 heteroatoms. The number of halogens is 1. The Balaban J connectivity index is 1.99. The fourth-order valence-corrected chi connectivity index (χ4v) is 1.90. The molecule has 0 fully saturated rings. The first-order chi connectivity index (χ1) is 10.5. The summed E-state index contributed by atoms with van der Waals surface area (Å²) in [5.74, 6) is 1.07. The molecule has 1 amide bonds. The molecule has 0 atom stereocenters. The van der Waals surface area contributed by atoms with Gasteiger partial charge in [0.25, 0.3) is 5.91 Å². The summed E-state index contributed by atoms with van der Waals surface area (Å²) < 4.78 is 5.66. The molecule has 2 aromatic rings. The molecule has 2 rings (SSSR count). The topological polar surface area (TPSA) is 51.2 Å². The zero-order chi connectivity index (χ0) is 15.9. The van der Waals surface area contributed by atoms with E-state index in [4.69, 9.17) is 16.3 Å². The van der Waals surface area contributed by atoms with Gasteiger partial charge < -0.3 is 10.1 Å². The Morgan fingerprint density at radius 2 is 2.14 bits per heavy atom. The molecule has 1 aromatic heterocycles. The van der Waals surface area contributed by atoms with E-state index in [-0.39, 0.29) is 5.91 Å². The highest BCUT2D eigenvalue weighted by Crippen LogP contribution is 2.16. The normalized spacial score (nSPS) is 10.5. The van der Waals surface area contributed by atoms with Crippen molar-refractivity contribution in [1.29, 1.82) is 0 Å². The third-order valence-corrected chi connectivity index (χ3v) is 3.27. The van der Waals surface area contributed by atoms with Crippen LogP contribution in [0.4, 0.5) is 5.69 Å². The van der Waals surface area contributed by atoms with Crippen molar-refractivity contribution in [3.05, 3.63) is 53.3 Å². The predicted octanol–water partition coefficient (Wildman–Crippen LogP) is 4.41. The maximum absolute atomic E-state index is 12.2. The molecule has 1 N–H and O–H groups in total. The quantitative estimate of drug-likeness (QED) is 0.802. The second-order valence-corrected chi connectivity index (χ2v) is 5.77. The van der Waals surface area contributed by atoms with E-state index < -0.39 is 0 Å². The van der Waals surface area contributed by atoms with E-state index in [0.29, 0.717) is 34.7 Å². The fraction of sp³-hybridized carbons (Fsp3) is 0.294. The molecular formula is C17H19ClN2O2. The van der Waals surface area contributed by atoms with Crippen molar-refractivity contribution in [2.75, 3.05) is 11.9 Å². The molecule has 0 spiro atoms. The molecule has 0 bridgehead atoms. The lowest BCUT2D eigenvalue weighted by molar-refractivity contribution is 0.102. The number of carbonyl (C=O) groups is 1. The third-order valence-electron chi connectivity index (χ3n) is 3.05. The van der Waals surface area contributed by atoms with Crippen LogP contribution in [0.15, 0.2) is 42.6 Å². The van der Waals surface area contributed by atoms with Gasteiger partial charge in [0.1, 0.15) is 10.9 Å². The van der Waals surface area contributed by atoms with Crippen molar-refractivity contribution < 1.29 is 9.53 Å². The van der Waals surface area contributed by atoms with Crippen LogP contribution in [0.3, 0.4) is 0 Å². The molecule has 116 valence electrons.